The van der Waals surface area contributed by atoms with Gasteiger partial charge in [0, 0.05) is 31.9 Å². The molecule has 0 saturated carbocycles. The van der Waals surface area contributed by atoms with Crippen molar-refractivity contribution < 1.29 is 4.74 Å². The number of aromatic nitrogens is 4. The minimum Gasteiger partial charge on any atom is -0.495 e. The Morgan fingerprint density at radius 2 is 1.95 bits per heavy atom. The summed E-state index contributed by atoms with van der Waals surface area (Å²) < 4.78 is 5.20. The molecule has 3 heterocycles. The van der Waals surface area contributed by atoms with Crippen LogP contribution in [0.2, 0.25) is 0 Å². The lowest BCUT2D eigenvalue weighted by atomic mass is 10.2. The van der Waals surface area contributed by atoms with Crippen molar-refractivity contribution in [2.75, 3.05) is 37.5 Å². The van der Waals surface area contributed by atoms with Gasteiger partial charge in [-0.05, 0) is 18.9 Å². The third-order valence-electron chi connectivity index (χ3n) is 3.44. The summed E-state index contributed by atoms with van der Waals surface area (Å²) in [5.74, 6) is 2.55. The van der Waals surface area contributed by atoms with Crippen LogP contribution in [0.1, 0.15) is 12.8 Å². The van der Waals surface area contributed by atoms with Crippen molar-refractivity contribution in [1.29, 1.82) is 0 Å². The Morgan fingerprint density at radius 1 is 1.14 bits per heavy atom. The molecule has 3 rings (SSSR count). The second-order valence-electron chi connectivity index (χ2n) is 4.84. The Labute approximate surface area is 123 Å². The number of hydrogen-bond donors (Lipinski definition) is 1. The van der Waals surface area contributed by atoms with Crippen LogP contribution in [0.5, 0.6) is 5.75 Å². The summed E-state index contributed by atoms with van der Waals surface area (Å²) in [5.41, 5.74) is 0.814. The first-order valence-corrected chi connectivity index (χ1v) is 6.98. The van der Waals surface area contributed by atoms with Crippen LogP contribution in [-0.4, -0.2) is 47.2 Å². The zero-order valence-electron chi connectivity index (χ0n) is 12.2. The Balaban J connectivity index is 2.02. The molecule has 1 fully saturated rings. The van der Waals surface area contributed by atoms with Crippen LogP contribution >= 0.6 is 0 Å². The monoisotopic (exact) mass is 286 g/mol. The van der Waals surface area contributed by atoms with Gasteiger partial charge in [-0.1, -0.05) is 0 Å². The predicted molar refractivity (Wildman–Crippen MR) is 80.6 cm³/mol. The molecule has 0 unspecified atom stereocenters. The molecule has 0 aromatic carbocycles. The van der Waals surface area contributed by atoms with Gasteiger partial charge in [0.15, 0.2) is 5.82 Å². The Kier molecular flexibility index (Phi) is 3.81. The number of anilines is 2. The zero-order valence-corrected chi connectivity index (χ0v) is 12.2. The van der Waals surface area contributed by atoms with Crippen LogP contribution < -0.4 is 15.0 Å². The lowest BCUT2D eigenvalue weighted by Crippen LogP contribution is -2.21. The molecule has 7 nitrogen and oxygen atoms in total. The first-order valence-electron chi connectivity index (χ1n) is 6.98. The number of rotatable bonds is 4. The molecule has 1 saturated heterocycles. The van der Waals surface area contributed by atoms with Crippen LogP contribution in [0.15, 0.2) is 18.5 Å². The summed E-state index contributed by atoms with van der Waals surface area (Å²) in [5, 5.41) is 2.99. The molecule has 0 radical (unpaired) electrons. The highest BCUT2D eigenvalue weighted by atomic mass is 16.5. The van der Waals surface area contributed by atoms with Gasteiger partial charge in [-0.25, -0.2) is 0 Å². The highest BCUT2D eigenvalue weighted by molar-refractivity contribution is 5.59. The molecule has 7 heteroatoms. The van der Waals surface area contributed by atoms with Crippen molar-refractivity contribution in [2.24, 2.45) is 0 Å². The molecule has 2 aromatic heterocycles. The molecule has 0 spiro atoms. The maximum atomic E-state index is 5.20. The van der Waals surface area contributed by atoms with Gasteiger partial charge in [0.2, 0.25) is 11.9 Å². The van der Waals surface area contributed by atoms with Gasteiger partial charge in [0.05, 0.1) is 13.3 Å². The number of ether oxygens (including phenoxy) is 1. The maximum absolute atomic E-state index is 5.20. The van der Waals surface area contributed by atoms with Crippen molar-refractivity contribution in [3.63, 3.8) is 0 Å². The smallest absolute Gasteiger partial charge is 0.230 e. The van der Waals surface area contributed by atoms with E-state index in [0.29, 0.717) is 23.5 Å². The highest BCUT2D eigenvalue weighted by Crippen LogP contribution is 2.23. The van der Waals surface area contributed by atoms with E-state index in [1.807, 2.05) is 6.07 Å². The fourth-order valence-corrected chi connectivity index (χ4v) is 2.32. The lowest BCUT2D eigenvalue weighted by Gasteiger charge is -2.16. The van der Waals surface area contributed by atoms with Gasteiger partial charge in [-0.3, -0.25) is 4.98 Å². The molecule has 21 heavy (non-hydrogen) atoms. The number of nitrogens with zero attached hydrogens (tertiary/aromatic N) is 5. The van der Waals surface area contributed by atoms with E-state index in [-0.39, 0.29) is 0 Å². The quantitative estimate of drug-likeness (QED) is 0.914. The fraction of sp³-hybridized carbons (Fsp3) is 0.429. The summed E-state index contributed by atoms with van der Waals surface area (Å²) in [4.78, 5) is 19.8. The molecule has 1 aliphatic rings. The van der Waals surface area contributed by atoms with Crippen LogP contribution in [0.3, 0.4) is 0 Å². The molecule has 0 amide bonds. The minimum absolute atomic E-state index is 0.560. The fourth-order valence-electron chi connectivity index (χ4n) is 2.32. The van der Waals surface area contributed by atoms with Gasteiger partial charge >= 0.3 is 0 Å². The summed E-state index contributed by atoms with van der Waals surface area (Å²) in [7, 11) is 3.42. The molecule has 110 valence electrons. The molecule has 1 aliphatic heterocycles. The number of pyridine rings is 1. The number of methoxy groups -OCH3 is 1. The van der Waals surface area contributed by atoms with Crippen molar-refractivity contribution >= 4 is 11.9 Å². The average Bonchev–Trinajstić information content (AvgIpc) is 3.09. The molecular weight excluding hydrogens is 268 g/mol. The first-order chi connectivity index (χ1) is 10.3. The summed E-state index contributed by atoms with van der Waals surface area (Å²) in [6.45, 7) is 1.98. The average molecular weight is 286 g/mol. The van der Waals surface area contributed by atoms with Crippen molar-refractivity contribution in [3.8, 4) is 17.1 Å². The number of nitrogens with one attached hydrogen (secondary N) is 1. The minimum atomic E-state index is 0.560. The van der Waals surface area contributed by atoms with Gasteiger partial charge in [-0.15, -0.1) is 0 Å². The van der Waals surface area contributed by atoms with E-state index >= 15 is 0 Å². The normalized spacial score (nSPS) is 14.3. The zero-order chi connectivity index (χ0) is 14.7. The molecule has 2 aromatic rings. The van der Waals surface area contributed by atoms with E-state index in [4.69, 9.17) is 4.74 Å². The van der Waals surface area contributed by atoms with E-state index in [1.165, 1.54) is 12.8 Å². The molecule has 0 atom stereocenters. The van der Waals surface area contributed by atoms with Gasteiger partial charge in [0.1, 0.15) is 5.75 Å². The highest BCUT2D eigenvalue weighted by Gasteiger charge is 2.18. The van der Waals surface area contributed by atoms with Gasteiger partial charge in [0.25, 0.3) is 0 Å². The third-order valence-corrected chi connectivity index (χ3v) is 3.44. The maximum Gasteiger partial charge on any atom is 0.230 e. The summed E-state index contributed by atoms with van der Waals surface area (Å²) in [6.07, 6.45) is 5.74. The van der Waals surface area contributed by atoms with Crippen LogP contribution in [0.25, 0.3) is 11.4 Å². The Hall–Kier alpha value is -2.44. The largest absolute Gasteiger partial charge is 0.495 e. The summed E-state index contributed by atoms with van der Waals surface area (Å²) >= 11 is 0. The van der Waals surface area contributed by atoms with Crippen LogP contribution in [0, 0.1) is 0 Å². The SMILES string of the molecule is CNc1nc(-c2cncc(OC)c2)nc(N2CCCC2)n1. The standard InChI is InChI=1S/C14H18N6O/c1-15-13-17-12(10-7-11(21-2)9-16-8-10)18-14(19-13)20-5-3-4-6-20/h7-9H,3-6H2,1-2H3,(H,15,17,18,19). The van der Waals surface area contributed by atoms with Crippen LogP contribution in [0.4, 0.5) is 11.9 Å². The third kappa shape index (κ3) is 2.86. The lowest BCUT2D eigenvalue weighted by molar-refractivity contribution is 0.413. The van der Waals surface area contributed by atoms with E-state index in [0.717, 1.165) is 18.7 Å². The van der Waals surface area contributed by atoms with Crippen molar-refractivity contribution in [3.05, 3.63) is 18.5 Å². The Morgan fingerprint density at radius 3 is 2.67 bits per heavy atom. The molecule has 0 bridgehead atoms. The topological polar surface area (TPSA) is 76.1 Å². The van der Waals surface area contributed by atoms with Gasteiger partial charge in [-0.2, -0.15) is 15.0 Å². The van der Waals surface area contributed by atoms with E-state index in [1.54, 1.807) is 26.6 Å². The second-order valence-corrected chi connectivity index (χ2v) is 4.84. The van der Waals surface area contributed by atoms with Crippen LogP contribution in [-0.2, 0) is 0 Å². The first kappa shape index (κ1) is 13.5. The number of hydrogen-bond acceptors (Lipinski definition) is 7. The van der Waals surface area contributed by atoms with Crippen molar-refractivity contribution in [1.82, 2.24) is 19.9 Å². The predicted octanol–water partition coefficient (Wildman–Crippen LogP) is 1.58. The van der Waals surface area contributed by atoms with Gasteiger partial charge < -0.3 is 15.0 Å². The molecule has 0 aliphatic carbocycles. The van der Waals surface area contributed by atoms with E-state index in [9.17, 15) is 0 Å². The van der Waals surface area contributed by atoms with E-state index in [2.05, 4.69) is 30.2 Å². The summed E-state index contributed by atoms with van der Waals surface area (Å²) in [6, 6.07) is 1.87. The second kappa shape index (κ2) is 5.90. The molecular formula is C14H18N6O. The molecule has 1 N–H and O–H groups in total. The Bertz CT molecular complexity index is 627. The van der Waals surface area contributed by atoms with Crippen molar-refractivity contribution in [2.45, 2.75) is 12.8 Å². The van der Waals surface area contributed by atoms with E-state index < -0.39 is 0 Å².